The number of hydrogen-bond acceptors (Lipinski definition) is 7. The summed E-state index contributed by atoms with van der Waals surface area (Å²) in [5.74, 6) is 1.97. The van der Waals surface area contributed by atoms with Crippen LogP contribution in [0, 0.1) is 17.2 Å². The average Bonchev–Trinajstić information content (AvgIpc) is 3.69. The number of nitriles is 1. The Hall–Kier alpha value is -4.71. The summed E-state index contributed by atoms with van der Waals surface area (Å²) in [7, 11) is 0. The fraction of sp³-hybridized carbons (Fsp3) is 0.276. The normalized spacial score (nSPS) is 17.8. The Kier molecular flexibility index (Phi) is 6.22. The largest absolute Gasteiger partial charge is 0.457 e. The Bertz CT molecular complexity index is 1550. The SMILES string of the molecule is N#C/C(=C/C1CC1)C(=O)N1CCCC(n2nc(-c3ccc(Oc4ccccc4)cc3)c3c(N)ncnc32)C1. The number of aromatic nitrogens is 4. The highest BCUT2D eigenvalue weighted by molar-refractivity contribution is 5.99. The number of para-hydroxylation sites is 1. The Morgan fingerprint density at radius 1 is 1.05 bits per heavy atom. The number of carbonyl (C=O) groups excluding carboxylic acids is 1. The number of likely N-dealkylation sites (tertiary alicyclic amines) is 1. The van der Waals surface area contributed by atoms with Crippen molar-refractivity contribution in [3.05, 3.63) is 72.6 Å². The summed E-state index contributed by atoms with van der Waals surface area (Å²) in [6.07, 6.45) is 7.00. The monoisotopic (exact) mass is 505 g/mol. The van der Waals surface area contributed by atoms with Crippen molar-refractivity contribution in [1.29, 1.82) is 5.26 Å². The van der Waals surface area contributed by atoms with E-state index in [1.165, 1.54) is 6.33 Å². The maximum absolute atomic E-state index is 13.1. The van der Waals surface area contributed by atoms with Gasteiger partial charge in [0.25, 0.3) is 5.91 Å². The van der Waals surface area contributed by atoms with Crippen LogP contribution in [0.2, 0.25) is 0 Å². The van der Waals surface area contributed by atoms with Crippen LogP contribution in [0.4, 0.5) is 5.82 Å². The van der Waals surface area contributed by atoms with Crippen LogP contribution in [0.25, 0.3) is 22.3 Å². The van der Waals surface area contributed by atoms with Crippen LogP contribution in [0.15, 0.2) is 72.6 Å². The van der Waals surface area contributed by atoms with Crippen LogP contribution in [-0.4, -0.2) is 43.6 Å². The number of hydrogen-bond donors (Lipinski definition) is 1. The molecule has 2 aromatic carbocycles. The molecule has 2 N–H and O–H groups in total. The van der Waals surface area contributed by atoms with Gasteiger partial charge in [0.15, 0.2) is 5.65 Å². The maximum Gasteiger partial charge on any atom is 0.264 e. The fourth-order valence-corrected chi connectivity index (χ4v) is 4.92. The van der Waals surface area contributed by atoms with Crippen LogP contribution in [-0.2, 0) is 4.79 Å². The number of allylic oxidation sites excluding steroid dienone is 1. The zero-order valence-electron chi connectivity index (χ0n) is 20.8. The number of nitrogens with two attached hydrogens (primary N) is 1. The Balaban J connectivity index is 1.30. The number of ether oxygens (including phenoxy) is 1. The number of nitrogen functional groups attached to an aromatic ring is 1. The van der Waals surface area contributed by atoms with Crippen LogP contribution in [0.3, 0.4) is 0 Å². The van der Waals surface area contributed by atoms with Gasteiger partial charge in [0.1, 0.15) is 41.0 Å². The lowest BCUT2D eigenvalue weighted by atomic mass is 10.0. The maximum atomic E-state index is 13.1. The number of benzene rings is 2. The Morgan fingerprint density at radius 2 is 1.82 bits per heavy atom. The summed E-state index contributed by atoms with van der Waals surface area (Å²) in [6, 6.07) is 19.3. The van der Waals surface area contributed by atoms with Crippen molar-refractivity contribution in [2.45, 2.75) is 31.7 Å². The first kappa shape index (κ1) is 23.7. The molecule has 1 aliphatic heterocycles. The van der Waals surface area contributed by atoms with Gasteiger partial charge < -0.3 is 15.4 Å². The van der Waals surface area contributed by atoms with Crippen molar-refractivity contribution in [2.24, 2.45) is 5.92 Å². The zero-order chi connectivity index (χ0) is 26.1. The molecule has 0 radical (unpaired) electrons. The first-order valence-corrected chi connectivity index (χ1v) is 12.8. The van der Waals surface area contributed by atoms with Crippen molar-refractivity contribution in [2.75, 3.05) is 18.8 Å². The van der Waals surface area contributed by atoms with Crippen LogP contribution in [0.1, 0.15) is 31.7 Å². The van der Waals surface area contributed by atoms with E-state index < -0.39 is 0 Å². The lowest BCUT2D eigenvalue weighted by Crippen LogP contribution is -2.41. The second kappa shape index (κ2) is 9.98. The van der Waals surface area contributed by atoms with Gasteiger partial charge in [-0.25, -0.2) is 14.6 Å². The average molecular weight is 506 g/mol. The van der Waals surface area contributed by atoms with Gasteiger partial charge in [-0.15, -0.1) is 0 Å². The second-order valence-electron chi connectivity index (χ2n) is 9.77. The first-order chi connectivity index (χ1) is 18.6. The van der Waals surface area contributed by atoms with Gasteiger partial charge in [-0.3, -0.25) is 4.79 Å². The number of carbonyl (C=O) groups is 1. The summed E-state index contributed by atoms with van der Waals surface area (Å²) in [5.41, 5.74) is 8.73. The number of rotatable bonds is 6. The predicted molar refractivity (Wildman–Crippen MR) is 143 cm³/mol. The third-order valence-corrected chi connectivity index (χ3v) is 7.03. The van der Waals surface area contributed by atoms with Crippen LogP contribution >= 0.6 is 0 Å². The van der Waals surface area contributed by atoms with E-state index in [0.29, 0.717) is 47.3 Å². The molecule has 2 fully saturated rings. The van der Waals surface area contributed by atoms with Gasteiger partial charge in [-0.05, 0) is 68.0 Å². The van der Waals surface area contributed by atoms with Crippen LogP contribution in [0.5, 0.6) is 11.5 Å². The third kappa shape index (κ3) is 4.68. The van der Waals surface area contributed by atoms with E-state index in [4.69, 9.17) is 15.6 Å². The van der Waals surface area contributed by atoms with E-state index in [-0.39, 0.29) is 17.5 Å². The van der Waals surface area contributed by atoms with Crippen molar-refractivity contribution >= 4 is 22.8 Å². The highest BCUT2D eigenvalue weighted by Crippen LogP contribution is 2.35. The molecular formula is C29H27N7O2. The second-order valence-corrected chi connectivity index (χ2v) is 9.77. The van der Waals surface area contributed by atoms with E-state index in [1.54, 1.807) is 4.90 Å². The summed E-state index contributed by atoms with van der Waals surface area (Å²) >= 11 is 0. The molecule has 9 nitrogen and oxygen atoms in total. The van der Waals surface area contributed by atoms with Gasteiger partial charge in [-0.1, -0.05) is 24.3 Å². The summed E-state index contributed by atoms with van der Waals surface area (Å²) in [4.78, 5) is 23.6. The van der Waals surface area contributed by atoms with Crippen LogP contribution < -0.4 is 10.5 Å². The molecule has 3 heterocycles. The highest BCUT2D eigenvalue weighted by atomic mass is 16.5. The van der Waals surface area contributed by atoms with E-state index in [0.717, 1.165) is 37.0 Å². The number of amides is 1. The smallest absolute Gasteiger partial charge is 0.264 e. The molecule has 38 heavy (non-hydrogen) atoms. The number of piperidine rings is 1. The molecule has 4 aromatic rings. The van der Waals surface area contributed by atoms with Gasteiger partial charge >= 0.3 is 0 Å². The topological polar surface area (TPSA) is 123 Å². The Morgan fingerprint density at radius 3 is 2.55 bits per heavy atom. The summed E-state index contributed by atoms with van der Waals surface area (Å²) < 4.78 is 7.80. The molecule has 1 atom stereocenters. The standard InChI is InChI=1S/C29H27N7O2/c30-16-21(15-19-8-9-19)29(37)35-14-4-5-22(17-35)36-28-25(27(31)32-18-33-28)26(34-36)20-10-12-24(13-11-20)38-23-6-2-1-3-7-23/h1-3,6-7,10-13,15,18-19,22H,4-5,8-9,14,17H2,(H2,31,32,33)/b21-15-. The fourth-order valence-electron chi connectivity index (χ4n) is 4.92. The van der Waals surface area contributed by atoms with Crippen molar-refractivity contribution in [3.63, 3.8) is 0 Å². The molecular weight excluding hydrogens is 478 g/mol. The molecule has 1 aliphatic carbocycles. The van der Waals surface area contributed by atoms with E-state index >= 15 is 0 Å². The predicted octanol–water partition coefficient (Wildman–Crippen LogP) is 4.89. The molecule has 1 amide bonds. The number of anilines is 1. The van der Waals surface area contributed by atoms with Gasteiger partial charge in [0, 0.05) is 18.7 Å². The highest BCUT2D eigenvalue weighted by Gasteiger charge is 2.31. The quantitative estimate of drug-likeness (QED) is 0.292. The van der Waals surface area contributed by atoms with Crippen molar-refractivity contribution in [3.8, 4) is 28.8 Å². The molecule has 190 valence electrons. The molecule has 1 saturated heterocycles. The molecule has 1 unspecified atom stereocenters. The minimum absolute atomic E-state index is 0.0974. The molecule has 1 saturated carbocycles. The van der Waals surface area contributed by atoms with E-state index in [2.05, 4.69) is 16.0 Å². The molecule has 6 rings (SSSR count). The van der Waals surface area contributed by atoms with Crippen molar-refractivity contribution in [1.82, 2.24) is 24.6 Å². The molecule has 9 heteroatoms. The lowest BCUT2D eigenvalue weighted by Gasteiger charge is -2.32. The van der Waals surface area contributed by atoms with Gasteiger partial charge in [0.05, 0.1) is 11.4 Å². The van der Waals surface area contributed by atoms with E-state index in [9.17, 15) is 10.1 Å². The minimum Gasteiger partial charge on any atom is -0.457 e. The first-order valence-electron chi connectivity index (χ1n) is 12.8. The Labute approximate surface area is 220 Å². The third-order valence-electron chi connectivity index (χ3n) is 7.03. The zero-order valence-corrected chi connectivity index (χ0v) is 20.8. The number of nitrogens with zero attached hydrogens (tertiary/aromatic N) is 6. The number of fused-ring (bicyclic) bond motifs is 1. The molecule has 0 spiro atoms. The lowest BCUT2D eigenvalue weighted by molar-refractivity contribution is -0.128. The molecule has 2 aliphatic rings. The van der Waals surface area contributed by atoms with E-state index in [1.807, 2.05) is 65.4 Å². The van der Waals surface area contributed by atoms with Crippen molar-refractivity contribution < 1.29 is 9.53 Å². The summed E-state index contributed by atoms with van der Waals surface area (Å²) in [6.45, 7) is 1.07. The van der Waals surface area contributed by atoms with Gasteiger partial charge in [0.2, 0.25) is 0 Å². The molecule has 0 bridgehead atoms. The summed E-state index contributed by atoms with van der Waals surface area (Å²) in [5, 5.41) is 15.2. The minimum atomic E-state index is -0.205. The van der Waals surface area contributed by atoms with Gasteiger partial charge in [-0.2, -0.15) is 10.4 Å². The molecule has 2 aromatic heterocycles.